The fraction of sp³-hybridized carbons (Fsp3) is 0.294. The van der Waals surface area contributed by atoms with Crippen LogP contribution in [0.5, 0.6) is 5.75 Å². The number of hydrogen-bond acceptors (Lipinski definition) is 9. The van der Waals surface area contributed by atoms with Gasteiger partial charge in [-0.2, -0.15) is 0 Å². The van der Waals surface area contributed by atoms with Gasteiger partial charge in [0.15, 0.2) is 6.61 Å². The first-order valence-corrected chi connectivity index (χ1v) is 18.7. The Bertz CT molecular complexity index is 2150. The Kier molecular flexibility index (Phi) is 7.40. The number of aromatic amines is 1. The number of nitrogens with two attached hydrogens (primary N) is 1. The maximum Gasteiger partial charge on any atom is 0.305 e. The lowest BCUT2D eigenvalue weighted by molar-refractivity contribution is -0.123. The molecule has 1 saturated heterocycles. The molecule has 3 fully saturated rings. The van der Waals surface area contributed by atoms with E-state index in [1.54, 1.807) is 17.8 Å². The lowest BCUT2D eigenvalue weighted by Gasteiger charge is -2.43. The summed E-state index contributed by atoms with van der Waals surface area (Å²) >= 11 is 2.76. The van der Waals surface area contributed by atoms with Crippen LogP contribution in [-0.4, -0.2) is 43.0 Å². The molecule has 3 aromatic carbocycles. The number of aryl methyl sites for hydroxylation is 1. The standard InChI is InChI=1S/C34H30N4O7S3/c1-16-6-10-18(11-7-16)38-32(40)27-21-14-22(28(27)33(38)41)29-26(21)25(30-31(46-29)37-34(42)47-30)20-4-2-3-5-23(20)45-15-24(39)36-17-8-12-19(13-9-17)48(35,43)44/h2-13,21-22,25-29H,14-15H2,1H3,(H,36,39)(H,37,42)(H2,35,43,44)/t21-,22-,25+,26-,27+,28+,29-/m1/s1. The second kappa shape index (κ2) is 11.4. The van der Waals surface area contributed by atoms with Gasteiger partial charge in [0.1, 0.15) is 5.75 Å². The number of primary sulfonamides is 1. The van der Waals surface area contributed by atoms with Crippen LogP contribution in [-0.2, 0) is 24.4 Å². The molecule has 4 N–H and O–H groups in total. The molecular formula is C34H30N4O7S3. The van der Waals surface area contributed by atoms with E-state index in [1.165, 1.54) is 29.2 Å². The van der Waals surface area contributed by atoms with Crippen molar-refractivity contribution in [1.29, 1.82) is 0 Å². The zero-order chi connectivity index (χ0) is 33.5. The lowest BCUT2D eigenvalue weighted by atomic mass is 9.68. The van der Waals surface area contributed by atoms with E-state index >= 15 is 0 Å². The molecule has 48 heavy (non-hydrogen) atoms. The van der Waals surface area contributed by atoms with Crippen molar-refractivity contribution in [1.82, 2.24) is 4.98 Å². The fourth-order valence-corrected chi connectivity index (χ4v) is 11.6. The van der Waals surface area contributed by atoms with Gasteiger partial charge in [-0.1, -0.05) is 47.2 Å². The summed E-state index contributed by atoms with van der Waals surface area (Å²) in [5.41, 5.74) is 2.83. The minimum Gasteiger partial charge on any atom is -0.483 e. The molecule has 2 aliphatic carbocycles. The first kappa shape index (κ1) is 31.1. The summed E-state index contributed by atoms with van der Waals surface area (Å²) in [7, 11) is -3.86. The SMILES string of the molecule is Cc1ccc(N2C(=O)[C@H]3[C@H]4C[C@@H]([C@@H]3C2=O)[C@@H]2[C@H](c3ccccc3OCC(=O)Nc3ccc(S(N)(=O)=O)cc3)c3sc(=O)[nH]c3S[C@H]42)cc1. The summed E-state index contributed by atoms with van der Waals surface area (Å²) in [6.45, 7) is 1.64. The van der Waals surface area contributed by atoms with E-state index in [0.29, 0.717) is 17.1 Å². The van der Waals surface area contributed by atoms with Crippen LogP contribution in [0.4, 0.5) is 11.4 Å². The number of carbonyl (C=O) groups is 3. The van der Waals surface area contributed by atoms with Gasteiger partial charge in [-0.3, -0.25) is 24.1 Å². The van der Waals surface area contributed by atoms with Gasteiger partial charge < -0.3 is 15.0 Å². The summed E-state index contributed by atoms with van der Waals surface area (Å²) in [4.78, 5) is 58.6. The zero-order valence-corrected chi connectivity index (χ0v) is 27.9. The number of carbonyl (C=O) groups excluding carboxylic acids is 3. The summed E-state index contributed by atoms with van der Waals surface area (Å²) in [5.74, 6) is -1.54. The highest BCUT2D eigenvalue weighted by molar-refractivity contribution is 8.00. The molecular weight excluding hydrogens is 673 g/mol. The number of thiazole rings is 1. The van der Waals surface area contributed by atoms with Crippen molar-refractivity contribution in [3.05, 3.63) is 98.5 Å². The van der Waals surface area contributed by atoms with Gasteiger partial charge in [-0.25, -0.2) is 13.6 Å². The van der Waals surface area contributed by atoms with Gasteiger partial charge in [0.2, 0.25) is 21.8 Å². The highest BCUT2D eigenvalue weighted by Crippen LogP contribution is 2.69. The number of ether oxygens (including phenoxy) is 1. The van der Waals surface area contributed by atoms with E-state index in [2.05, 4.69) is 10.3 Å². The summed E-state index contributed by atoms with van der Waals surface area (Å²) in [6.07, 6.45) is 0.752. The molecule has 1 aromatic heterocycles. The molecule has 0 radical (unpaired) electrons. The number of imide groups is 1. The molecule has 246 valence electrons. The Labute approximate surface area is 283 Å². The summed E-state index contributed by atoms with van der Waals surface area (Å²) in [5, 5.41) is 8.65. The van der Waals surface area contributed by atoms with Crippen LogP contribution >= 0.6 is 23.1 Å². The quantitative estimate of drug-likeness (QED) is 0.242. The molecule has 0 spiro atoms. The van der Waals surface area contributed by atoms with Gasteiger partial charge in [0, 0.05) is 27.3 Å². The number of nitrogens with zero attached hydrogens (tertiary/aromatic N) is 1. The number of benzene rings is 3. The van der Waals surface area contributed by atoms with E-state index in [1.807, 2.05) is 49.4 Å². The van der Waals surface area contributed by atoms with Crippen molar-refractivity contribution >= 4 is 62.2 Å². The number of thioether (sulfide) groups is 1. The number of fused-ring (bicyclic) bond motifs is 9. The zero-order valence-electron chi connectivity index (χ0n) is 25.5. The highest BCUT2D eigenvalue weighted by atomic mass is 32.2. The Morgan fingerprint density at radius 2 is 1.67 bits per heavy atom. The molecule has 2 saturated carbocycles. The number of sulfonamides is 1. The van der Waals surface area contributed by atoms with Crippen molar-refractivity contribution in [3.8, 4) is 5.75 Å². The number of anilines is 2. The van der Waals surface area contributed by atoms with Gasteiger partial charge in [-0.05, 0) is 73.6 Å². The van der Waals surface area contributed by atoms with Crippen LogP contribution in [0.1, 0.15) is 28.3 Å². The number of nitrogens with one attached hydrogen (secondary N) is 2. The predicted molar refractivity (Wildman–Crippen MR) is 181 cm³/mol. The van der Waals surface area contributed by atoms with Crippen molar-refractivity contribution in [2.75, 3.05) is 16.8 Å². The normalized spacial score (nSPS) is 27.0. The molecule has 2 aliphatic heterocycles. The Hall–Kier alpha value is -4.24. The molecule has 8 rings (SSSR count). The van der Waals surface area contributed by atoms with Gasteiger partial charge in [-0.15, -0.1) is 11.8 Å². The topological polar surface area (TPSA) is 169 Å². The van der Waals surface area contributed by atoms with Crippen molar-refractivity contribution < 1.29 is 27.5 Å². The number of aromatic nitrogens is 1. The Morgan fingerprint density at radius 3 is 2.38 bits per heavy atom. The van der Waals surface area contributed by atoms with Crippen LogP contribution < -0.4 is 25.0 Å². The molecule has 4 aromatic rings. The van der Waals surface area contributed by atoms with Crippen LogP contribution in [0.25, 0.3) is 0 Å². The van der Waals surface area contributed by atoms with E-state index in [0.717, 1.165) is 38.8 Å². The summed E-state index contributed by atoms with van der Waals surface area (Å²) < 4.78 is 29.2. The molecule has 4 aliphatic rings. The van der Waals surface area contributed by atoms with Gasteiger partial charge >= 0.3 is 4.87 Å². The third kappa shape index (κ3) is 5.00. The molecule has 11 nitrogen and oxygen atoms in total. The number of rotatable bonds is 7. The van der Waals surface area contributed by atoms with Gasteiger partial charge in [0.25, 0.3) is 5.91 Å². The smallest absolute Gasteiger partial charge is 0.305 e. The monoisotopic (exact) mass is 702 g/mol. The minimum atomic E-state index is -3.86. The van der Waals surface area contributed by atoms with Crippen LogP contribution in [0.3, 0.4) is 0 Å². The third-order valence-electron chi connectivity index (χ3n) is 10.1. The number of amides is 3. The molecule has 0 unspecified atom stereocenters. The maximum atomic E-state index is 14.0. The van der Waals surface area contributed by atoms with Crippen LogP contribution in [0.15, 0.2) is 87.5 Å². The molecule has 3 heterocycles. The second-order valence-electron chi connectivity index (χ2n) is 12.8. The Morgan fingerprint density at radius 1 is 0.979 bits per heavy atom. The number of hydrogen-bond donors (Lipinski definition) is 3. The average Bonchev–Trinajstić information content (AvgIpc) is 3.79. The maximum absolute atomic E-state index is 14.0. The lowest BCUT2D eigenvalue weighted by Crippen LogP contribution is -2.42. The third-order valence-corrected chi connectivity index (χ3v) is 13.6. The largest absolute Gasteiger partial charge is 0.483 e. The van der Waals surface area contributed by atoms with Crippen LogP contribution in [0.2, 0.25) is 0 Å². The van der Waals surface area contributed by atoms with Crippen LogP contribution in [0, 0.1) is 36.5 Å². The highest BCUT2D eigenvalue weighted by Gasteiger charge is 2.69. The fourth-order valence-electron chi connectivity index (χ4n) is 8.25. The van der Waals surface area contributed by atoms with Crippen molar-refractivity contribution in [2.45, 2.75) is 34.4 Å². The van der Waals surface area contributed by atoms with Crippen molar-refractivity contribution in [3.63, 3.8) is 0 Å². The van der Waals surface area contributed by atoms with E-state index in [4.69, 9.17) is 9.88 Å². The summed E-state index contributed by atoms with van der Waals surface area (Å²) in [6, 6.07) is 20.4. The number of para-hydroxylation sites is 1. The minimum absolute atomic E-state index is 0.00498. The van der Waals surface area contributed by atoms with Gasteiger partial charge in [0.05, 0.1) is 27.4 Å². The van der Waals surface area contributed by atoms with E-state index in [9.17, 15) is 27.6 Å². The molecule has 14 heteroatoms. The molecule has 3 amide bonds. The first-order chi connectivity index (χ1) is 23.0. The number of H-pyrrole nitrogens is 1. The Balaban J connectivity index is 1.09. The van der Waals surface area contributed by atoms with Crippen molar-refractivity contribution in [2.24, 2.45) is 34.7 Å². The average molecular weight is 703 g/mol. The van der Waals surface area contributed by atoms with E-state index in [-0.39, 0.29) is 57.1 Å². The predicted octanol–water partition coefficient (Wildman–Crippen LogP) is 4.09. The first-order valence-electron chi connectivity index (χ1n) is 15.5. The molecule has 7 atom stereocenters. The second-order valence-corrected chi connectivity index (χ2v) is 16.5. The molecule has 2 bridgehead atoms. The van der Waals surface area contributed by atoms with E-state index < -0.39 is 27.8 Å².